The van der Waals surface area contributed by atoms with E-state index in [0.717, 1.165) is 5.92 Å². The zero-order valence-corrected chi connectivity index (χ0v) is 17.6. The first kappa shape index (κ1) is 25.6. The van der Waals surface area contributed by atoms with E-state index in [0.29, 0.717) is 0 Å². The summed E-state index contributed by atoms with van der Waals surface area (Å²) in [5.41, 5.74) is 0. The Balaban J connectivity index is -0.000000219. The third-order valence-electron chi connectivity index (χ3n) is 2.02. The Hall–Kier alpha value is 1.68. The predicted molar refractivity (Wildman–Crippen MR) is 80.0 cm³/mol. The average Bonchev–Trinajstić information content (AvgIpc) is 2.14. The average molecular weight is 407 g/mol. The molecule has 0 radical (unpaired) electrons. The second kappa shape index (κ2) is 14.6. The maximum Gasteiger partial charge on any atom is 0.319 e. The van der Waals surface area contributed by atoms with Crippen molar-refractivity contribution < 1.29 is 47.7 Å². The van der Waals surface area contributed by atoms with Gasteiger partial charge in [-0.3, -0.25) is 0 Å². The van der Waals surface area contributed by atoms with Gasteiger partial charge in [0.05, 0.1) is 0 Å². The summed E-state index contributed by atoms with van der Waals surface area (Å²) in [6.07, 6.45) is 5.73. The molecule has 0 atom stereocenters. The standard InChI is InChI=1S/C8H17.2H3O3PS.Zn/c1-4-7-8(5-2)6-3;2*1-4(2,3)5;/h8H,1,4-7H2,2-3H3;2*(H3,1,2,3,5);. The third-order valence-corrected chi connectivity index (χ3v) is 3.07. The van der Waals surface area contributed by atoms with Crippen molar-refractivity contribution in [2.45, 2.75) is 44.5 Å². The first-order valence-electron chi connectivity index (χ1n) is 5.70. The third kappa shape index (κ3) is 65.6. The molecule has 0 aromatic heterocycles. The van der Waals surface area contributed by atoms with Gasteiger partial charge in [-0.05, 0) is 23.6 Å². The van der Waals surface area contributed by atoms with Gasteiger partial charge in [0.15, 0.2) is 0 Å². The van der Waals surface area contributed by atoms with Crippen molar-refractivity contribution in [3.63, 3.8) is 0 Å². The predicted octanol–water partition coefficient (Wildman–Crippen LogP) is 1.54. The molecule has 11 heteroatoms. The molecule has 0 saturated heterocycles. The van der Waals surface area contributed by atoms with Crippen LogP contribution in [0.25, 0.3) is 0 Å². The minimum Gasteiger partial charge on any atom is -0.325 e. The smallest absolute Gasteiger partial charge is 0.319 e. The molecule has 0 bridgehead atoms. The molecule has 0 fully saturated rings. The largest absolute Gasteiger partial charge is 0.325 e. The summed E-state index contributed by atoms with van der Waals surface area (Å²) in [5, 5.41) is 1.48. The van der Waals surface area contributed by atoms with Gasteiger partial charge in [-0.2, -0.15) is 0 Å². The molecule has 6 N–H and O–H groups in total. The first-order chi connectivity index (χ1) is 8.35. The second-order valence-electron chi connectivity index (χ2n) is 3.70. The summed E-state index contributed by atoms with van der Waals surface area (Å²) in [7, 11) is 0. The van der Waals surface area contributed by atoms with Crippen molar-refractivity contribution in [2.24, 2.45) is 5.92 Å². The van der Waals surface area contributed by atoms with E-state index in [2.05, 4.69) is 37.5 Å². The van der Waals surface area contributed by atoms with Crippen LogP contribution in [0.3, 0.4) is 0 Å². The van der Waals surface area contributed by atoms with Crippen LogP contribution >= 0.6 is 13.4 Å². The van der Waals surface area contributed by atoms with Gasteiger partial charge in [0.1, 0.15) is 0 Å². The molecule has 115 valence electrons. The van der Waals surface area contributed by atoms with Gasteiger partial charge in [0.25, 0.3) is 0 Å². The molecule has 0 aromatic rings. The Labute approximate surface area is 135 Å². The molecule has 0 aliphatic carbocycles. The van der Waals surface area contributed by atoms with Crippen LogP contribution in [0.5, 0.6) is 0 Å². The number of hydrogen-bond acceptors (Lipinski definition) is 2. The van der Waals surface area contributed by atoms with Gasteiger partial charge >= 0.3 is 82.2 Å². The Morgan fingerprint density at radius 1 is 0.895 bits per heavy atom. The Bertz CT molecular complexity index is 242. The molecule has 0 heterocycles. The maximum absolute atomic E-state index is 7.56. The van der Waals surface area contributed by atoms with E-state index in [1.807, 2.05) is 0 Å². The number of hydrogen-bond donors (Lipinski definition) is 6. The Morgan fingerprint density at radius 3 is 1.32 bits per heavy atom. The van der Waals surface area contributed by atoms with E-state index in [-0.39, 0.29) is 0 Å². The van der Waals surface area contributed by atoms with Gasteiger partial charge in [-0.15, -0.1) is 0 Å². The summed E-state index contributed by atoms with van der Waals surface area (Å²) >= 11 is 8.69. The first-order valence-corrected chi connectivity index (χ1v) is 13.1. The SMILES string of the molecule is CCC(CC)CC[CH2][Zn].OP(O)(O)=S.OP(O)(O)=S. The van der Waals surface area contributed by atoms with E-state index < -0.39 is 13.4 Å². The summed E-state index contributed by atoms with van der Waals surface area (Å²) in [4.78, 5) is 45.3. The van der Waals surface area contributed by atoms with Crippen molar-refractivity contribution in [1.29, 1.82) is 0 Å². The summed E-state index contributed by atoms with van der Waals surface area (Å²) in [6.45, 7) is -3.00. The summed E-state index contributed by atoms with van der Waals surface area (Å²) in [5.74, 6) is 1.02. The molecule has 19 heavy (non-hydrogen) atoms. The molecule has 0 spiro atoms. The molecule has 0 aliphatic rings. The summed E-state index contributed by atoms with van der Waals surface area (Å²) < 4.78 is 0. The molecular formula is C8H23O6P2S2Zn. The Kier molecular flexibility index (Phi) is 19.7. The topological polar surface area (TPSA) is 121 Å². The minimum absolute atomic E-state index is 1.02. The molecule has 0 aromatic carbocycles. The van der Waals surface area contributed by atoms with Gasteiger partial charge in [-0.25, -0.2) is 0 Å². The zero-order valence-electron chi connectivity index (χ0n) is 11.2. The fourth-order valence-corrected chi connectivity index (χ4v) is 1.74. The summed E-state index contributed by atoms with van der Waals surface area (Å²) in [6, 6.07) is 0. The molecule has 0 amide bonds. The normalized spacial score (nSPS) is 11.3. The van der Waals surface area contributed by atoms with Gasteiger partial charge < -0.3 is 29.4 Å². The van der Waals surface area contributed by atoms with Gasteiger partial charge in [-0.1, -0.05) is 0 Å². The molecule has 0 saturated carbocycles. The quantitative estimate of drug-likeness (QED) is 0.300. The Morgan fingerprint density at radius 2 is 1.16 bits per heavy atom. The van der Waals surface area contributed by atoms with Crippen LogP contribution < -0.4 is 0 Å². The molecule has 0 rings (SSSR count). The van der Waals surface area contributed by atoms with E-state index in [9.17, 15) is 0 Å². The van der Waals surface area contributed by atoms with Crippen molar-refractivity contribution in [3.8, 4) is 0 Å². The van der Waals surface area contributed by atoms with Gasteiger partial charge in [0.2, 0.25) is 0 Å². The van der Waals surface area contributed by atoms with Crippen molar-refractivity contribution >= 4 is 37.1 Å². The van der Waals surface area contributed by atoms with Crippen LogP contribution in [-0.2, 0) is 41.9 Å². The monoisotopic (exact) mass is 405 g/mol. The van der Waals surface area contributed by atoms with Gasteiger partial charge in [0, 0.05) is 0 Å². The zero-order chi connectivity index (χ0) is 16.1. The van der Waals surface area contributed by atoms with E-state index in [4.69, 9.17) is 29.4 Å². The fourth-order valence-electron chi connectivity index (χ4n) is 1.13. The van der Waals surface area contributed by atoms with Crippen LogP contribution in [0.15, 0.2) is 0 Å². The van der Waals surface area contributed by atoms with Crippen LogP contribution in [0, 0.1) is 5.92 Å². The van der Waals surface area contributed by atoms with E-state index >= 15 is 0 Å². The molecule has 0 aliphatic heterocycles. The van der Waals surface area contributed by atoms with Crippen molar-refractivity contribution in [2.75, 3.05) is 0 Å². The van der Waals surface area contributed by atoms with Crippen molar-refractivity contribution in [1.82, 2.24) is 0 Å². The molecule has 0 unspecified atom stereocenters. The van der Waals surface area contributed by atoms with Crippen LogP contribution in [-0.4, -0.2) is 29.4 Å². The van der Waals surface area contributed by atoms with E-state index in [1.54, 1.807) is 0 Å². The minimum atomic E-state index is -3.81. The molecular weight excluding hydrogens is 384 g/mol. The fraction of sp³-hybridized carbons (Fsp3) is 1.00. The van der Waals surface area contributed by atoms with E-state index in [1.165, 1.54) is 49.0 Å². The van der Waals surface area contributed by atoms with Crippen LogP contribution in [0.2, 0.25) is 5.02 Å². The second-order valence-corrected chi connectivity index (χ2v) is 10.2. The molecule has 6 nitrogen and oxygen atoms in total. The van der Waals surface area contributed by atoms with Crippen LogP contribution in [0.4, 0.5) is 0 Å². The maximum atomic E-state index is 7.56. The number of rotatable bonds is 5. The van der Waals surface area contributed by atoms with Crippen LogP contribution in [0.1, 0.15) is 39.5 Å². The van der Waals surface area contributed by atoms with Crippen molar-refractivity contribution in [3.05, 3.63) is 0 Å².